The highest BCUT2D eigenvalue weighted by molar-refractivity contribution is 5.96. The Labute approximate surface area is 158 Å². The van der Waals surface area contributed by atoms with Gasteiger partial charge in [-0.1, -0.05) is 28.9 Å². The van der Waals surface area contributed by atoms with E-state index in [9.17, 15) is 4.79 Å². The van der Waals surface area contributed by atoms with E-state index in [1.807, 2.05) is 74.4 Å². The number of rotatable bonds is 4. The van der Waals surface area contributed by atoms with Crippen molar-refractivity contribution >= 4 is 17.3 Å². The number of anilines is 2. The number of aromatic nitrogens is 2. The molecule has 1 unspecified atom stereocenters. The Kier molecular flexibility index (Phi) is 4.39. The predicted molar refractivity (Wildman–Crippen MR) is 105 cm³/mol. The average molecular weight is 362 g/mol. The van der Waals surface area contributed by atoms with Crippen molar-refractivity contribution in [3.05, 3.63) is 59.9 Å². The van der Waals surface area contributed by atoms with Gasteiger partial charge in [0.05, 0.1) is 0 Å². The maximum atomic E-state index is 12.5. The minimum atomic E-state index is -0.0617. The van der Waals surface area contributed by atoms with E-state index in [0.29, 0.717) is 24.7 Å². The van der Waals surface area contributed by atoms with E-state index in [1.54, 1.807) is 4.90 Å². The van der Waals surface area contributed by atoms with Crippen LogP contribution >= 0.6 is 0 Å². The lowest BCUT2D eigenvalue weighted by atomic mass is 10.1. The van der Waals surface area contributed by atoms with E-state index >= 15 is 0 Å². The number of nitrogens with zero attached hydrogens (tertiary/aromatic N) is 4. The van der Waals surface area contributed by atoms with Crippen molar-refractivity contribution in [1.29, 1.82) is 0 Å². The van der Waals surface area contributed by atoms with Gasteiger partial charge in [0.2, 0.25) is 5.91 Å². The number of amides is 1. The Hall–Kier alpha value is -3.15. The first-order valence-corrected chi connectivity index (χ1v) is 8.99. The van der Waals surface area contributed by atoms with E-state index in [1.165, 1.54) is 5.56 Å². The molecule has 0 N–H and O–H groups in total. The molecule has 2 heterocycles. The molecular weight excluding hydrogens is 340 g/mol. The Morgan fingerprint density at radius 1 is 1.15 bits per heavy atom. The minimum absolute atomic E-state index is 0.0617. The normalized spacial score (nSPS) is 16.8. The van der Waals surface area contributed by atoms with Gasteiger partial charge in [0.25, 0.3) is 5.89 Å². The summed E-state index contributed by atoms with van der Waals surface area (Å²) in [7, 11) is 3.98. The topological polar surface area (TPSA) is 62.5 Å². The number of carbonyl (C=O) groups is 1. The van der Waals surface area contributed by atoms with Gasteiger partial charge in [0.15, 0.2) is 5.82 Å². The molecule has 6 heteroatoms. The van der Waals surface area contributed by atoms with Crippen LogP contribution in [0, 0.1) is 6.92 Å². The van der Waals surface area contributed by atoms with Crippen molar-refractivity contribution in [3.8, 4) is 11.5 Å². The largest absolute Gasteiger partial charge is 0.378 e. The Balaban J connectivity index is 1.54. The molecule has 1 aromatic heterocycles. The molecule has 0 aliphatic carbocycles. The lowest BCUT2D eigenvalue weighted by Crippen LogP contribution is -2.24. The van der Waals surface area contributed by atoms with Gasteiger partial charge in [0.1, 0.15) is 0 Å². The van der Waals surface area contributed by atoms with Crippen molar-refractivity contribution in [3.63, 3.8) is 0 Å². The highest BCUT2D eigenvalue weighted by Gasteiger charge is 2.34. The summed E-state index contributed by atoms with van der Waals surface area (Å²) in [6, 6.07) is 15.9. The van der Waals surface area contributed by atoms with Crippen LogP contribution in [0.3, 0.4) is 0 Å². The van der Waals surface area contributed by atoms with Crippen molar-refractivity contribution in [2.24, 2.45) is 0 Å². The first kappa shape index (κ1) is 17.3. The fraction of sp³-hybridized carbons (Fsp3) is 0.286. The number of aryl methyl sites for hydroxylation is 1. The molecule has 0 saturated carbocycles. The van der Waals surface area contributed by atoms with Crippen LogP contribution in [0.1, 0.15) is 23.7 Å². The van der Waals surface area contributed by atoms with Gasteiger partial charge in [0, 0.05) is 49.9 Å². The van der Waals surface area contributed by atoms with Crippen molar-refractivity contribution in [1.82, 2.24) is 10.1 Å². The van der Waals surface area contributed by atoms with E-state index in [-0.39, 0.29) is 11.8 Å². The smallest absolute Gasteiger partial charge is 0.258 e. The molecule has 0 spiro atoms. The summed E-state index contributed by atoms with van der Waals surface area (Å²) in [6.45, 7) is 2.60. The van der Waals surface area contributed by atoms with E-state index in [4.69, 9.17) is 4.52 Å². The fourth-order valence-electron chi connectivity index (χ4n) is 3.29. The minimum Gasteiger partial charge on any atom is -0.378 e. The van der Waals surface area contributed by atoms with Crippen LogP contribution < -0.4 is 9.80 Å². The van der Waals surface area contributed by atoms with E-state index < -0.39 is 0 Å². The van der Waals surface area contributed by atoms with Gasteiger partial charge in [-0.2, -0.15) is 4.98 Å². The lowest BCUT2D eigenvalue weighted by molar-refractivity contribution is -0.117. The molecule has 1 fully saturated rings. The van der Waals surface area contributed by atoms with Crippen LogP contribution in [0.5, 0.6) is 0 Å². The molecule has 0 bridgehead atoms. The number of carbonyl (C=O) groups excluding carboxylic acids is 1. The van der Waals surface area contributed by atoms with Gasteiger partial charge in [-0.05, 0) is 37.3 Å². The Morgan fingerprint density at radius 2 is 1.93 bits per heavy atom. The summed E-state index contributed by atoms with van der Waals surface area (Å²) in [5.41, 5.74) is 4.02. The summed E-state index contributed by atoms with van der Waals surface area (Å²) in [6.07, 6.45) is 0.393. The van der Waals surface area contributed by atoms with Gasteiger partial charge < -0.3 is 14.3 Å². The molecule has 4 rings (SSSR count). The van der Waals surface area contributed by atoms with Crippen molar-refractivity contribution in [2.75, 3.05) is 30.4 Å². The maximum absolute atomic E-state index is 12.5. The monoisotopic (exact) mass is 362 g/mol. The summed E-state index contributed by atoms with van der Waals surface area (Å²) >= 11 is 0. The highest BCUT2D eigenvalue weighted by Crippen LogP contribution is 2.32. The summed E-state index contributed by atoms with van der Waals surface area (Å²) in [5.74, 6) is 1.09. The van der Waals surface area contributed by atoms with Crippen LogP contribution in [0.25, 0.3) is 11.5 Å². The second kappa shape index (κ2) is 6.87. The molecule has 1 atom stereocenters. The van der Waals surface area contributed by atoms with Crippen LogP contribution in [0.2, 0.25) is 0 Å². The molecule has 1 amide bonds. The Bertz CT molecular complexity index is 962. The third-order valence-corrected chi connectivity index (χ3v) is 4.89. The van der Waals surface area contributed by atoms with Gasteiger partial charge in [-0.25, -0.2) is 0 Å². The maximum Gasteiger partial charge on any atom is 0.258 e. The zero-order chi connectivity index (χ0) is 19.0. The third kappa shape index (κ3) is 3.43. The zero-order valence-corrected chi connectivity index (χ0v) is 15.7. The first-order chi connectivity index (χ1) is 13.0. The quantitative estimate of drug-likeness (QED) is 0.709. The molecule has 27 heavy (non-hydrogen) atoms. The van der Waals surface area contributed by atoms with Crippen LogP contribution in [0.15, 0.2) is 53.1 Å². The first-order valence-electron chi connectivity index (χ1n) is 8.99. The van der Waals surface area contributed by atoms with E-state index in [2.05, 4.69) is 10.1 Å². The summed E-state index contributed by atoms with van der Waals surface area (Å²) in [4.78, 5) is 20.9. The SMILES string of the molecule is Cc1ccc(N2CC(c3noc(-c4cccc(N(C)C)c4)n3)CC2=O)cc1. The van der Waals surface area contributed by atoms with Crippen LogP contribution in [-0.2, 0) is 4.79 Å². The molecule has 3 aromatic rings. The van der Waals surface area contributed by atoms with Crippen LogP contribution in [0.4, 0.5) is 11.4 Å². The van der Waals surface area contributed by atoms with Crippen molar-refractivity contribution in [2.45, 2.75) is 19.3 Å². The molecule has 1 aliphatic rings. The van der Waals surface area contributed by atoms with Gasteiger partial charge in [-0.15, -0.1) is 0 Å². The van der Waals surface area contributed by atoms with Gasteiger partial charge in [-0.3, -0.25) is 4.79 Å². The lowest BCUT2D eigenvalue weighted by Gasteiger charge is -2.16. The standard InChI is InChI=1S/C21H22N4O2/c1-14-7-9-17(10-8-14)25-13-16(12-19(25)26)20-22-21(27-23-20)15-5-4-6-18(11-15)24(2)3/h4-11,16H,12-13H2,1-3H3. The zero-order valence-electron chi connectivity index (χ0n) is 15.7. The second-order valence-corrected chi connectivity index (χ2v) is 7.14. The summed E-state index contributed by atoms with van der Waals surface area (Å²) in [5, 5.41) is 4.15. The van der Waals surface area contributed by atoms with Crippen molar-refractivity contribution < 1.29 is 9.32 Å². The van der Waals surface area contributed by atoms with E-state index in [0.717, 1.165) is 16.9 Å². The van der Waals surface area contributed by atoms with Gasteiger partial charge >= 0.3 is 0 Å². The summed E-state index contributed by atoms with van der Waals surface area (Å²) < 4.78 is 5.48. The Morgan fingerprint density at radius 3 is 2.67 bits per heavy atom. The fourth-order valence-corrected chi connectivity index (χ4v) is 3.29. The molecule has 1 aliphatic heterocycles. The second-order valence-electron chi connectivity index (χ2n) is 7.14. The molecule has 0 radical (unpaired) electrons. The number of hydrogen-bond donors (Lipinski definition) is 0. The highest BCUT2D eigenvalue weighted by atomic mass is 16.5. The number of benzene rings is 2. The molecule has 138 valence electrons. The molecule has 1 saturated heterocycles. The molecule has 6 nitrogen and oxygen atoms in total. The third-order valence-electron chi connectivity index (χ3n) is 4.89. The molecule has 2 aromatic carbocycles. The average Bonchev–Trinajstić information content (AvgIpc) is 3.29. The number of hydrogen-bond acceptors (Lipinski definition) is 5. The van der Waals surface area contributed by atoms with Crippen LogP contribution in [-0.4, -0.2) is 36.7 Å². The predicted octanol–water partition coefficient (Wildman–Crippen LogP) is 3.63. The molecular formula is C21H22N4O2.